The van der Waals surface area contributed by atoms with Gasteiger partial charge in [0.2, 0.25) is 0 Å². The number of pyridine rings is 1. The van der Waals surface area contributed by atoms with Crippen LogP contribution in [0.15, 0.2) is 23.4 Å². The molecule has 5 nitrogen and oxygen atoms in total. The average Bonchev–Trinajstić information content (AvgIpc) is 2.50. The van der Waals surface area contributed by atoms with Crippen molar-refractivity contribution in [3.05, 3.63) is 18.3 Å². The topological polar surface area (TPSA) is 68.3 Å². The molecule has 1 spiro atoms. The van der Waals surface area contributed by atoms with E-state index in [0.29, 0.717) is 17.8 Å². The van der Waals surface area contributed by atoms with Gasteiger partial charge in [-0.1, -0.05) is 0 Å². The van der Waals surface area contributed by atoms with Gasteiger partial charge in [-0.2, -0.15) is 0 Å². The third kappa shape index (κ3) is 4.23. The molecule has 128 valence electrons. The fourth-order valence-electron chi connectivity index (χ4n) is 3.97. The van der Waals surface area contributed by atoms with Gasteiger partial charge >= 0.3 is 0 Å². The van der Waals surface area contributed by atoms with Crippen molar-refractivity contribution in [3.8, 4) is 5.75 Å². The molecular formula is C17H26N2O3S. The average molecular weight is 338 g/mol. The third-order valence-electron chi connectivity index (χ3n) is 5.22. The fourth-order valence-corrected chi connectivity index (χ4v) is 4.53. The zero-order valence-corrected chi connectivity index (χ0v) is 14.6. The SMILES string of the molecule is CS(=O)(=O)c1ccc(OCCCC2CC3(CCNCC3)C2)cn1. The van der Waals surface area contributed by atoms with Crippen LogP contribution in [-0.2, 0) is 9.84 Å². The van der Waals surface area contributed by atoms with Gasteiger partial charge in [0.05, 0.1) is 12.8 Å². The molecule has 0 bridgehead atoms. The van der Waals surface area contributed by atoms with Crippen LogP contribution in [0.25, 0.3) is 0 Å². The second-order valence-electron chi connectivity index (χ2n) is 7.12. The van der Waals surface area contributed by atoms with Crippen LogP contribution in [0.5, 0.6) is 5.75 Å². The summed E-state index contributed by atoms with van der Waals surface area (Å²) in [6, 6.07) is 3.17. The third-order valence-corrected chi connectivity index (χ3v) is 6.22. The van der Waals surface area contributed by atoms with Crippen molar-refractivity contribution in [2.45, 2.75) is 43.6 Å². The van der Waals surface area contributed by atoms with Crippen LogP contribution in [0.4, 0.5) is 0 Å². The van der Waals surface area contributed by atoms with Crippen molar-refractivity contribution >= 4 is 9.84 Å². The molecular weight excluding hydrogens is 312 g/mol. The number of hydrogen-bond donors (Lipinski definition) is 1. The summed E-state index contributed by atoms with van der Waals surface area (Å²) in [7, 11) is -3.24. The van der Waals surface area contributed by atoms with E-state index in [-0.39, 0.29) is 5.03 Å². The number of rotatable bonds is 6. The quantitative estimate of drug-likeness (QED) is 0.807. The molecule has 3 rings (SSSR count). The van der Waals surface area contributed by atoms with Crippen molar-refractivity contribution in [3.63, 3.8) is 0 Å². The van der Waals surface area contributed by atoms with E-state index in [9.17, 15) is 8.42 Å². The Labute approximate surface area is 138 Å². The lowest BCUT2D eigenvalue weighted by atomic mass is 9.57. The molecule has 1 saturated carbocycles. The highest BCUT2D eigenvalue weighted by molar-refractivity contribution is 7.90. The first kappa shape index (κ1) is 16.7. The van der Waals surface area contributed by atoms with E-state index < -0.39 is 9.84 Å². The summed E-state index contributed by atoms with van der Waals surface area (Å²) in [5.74, 6) is 1.50. The summed E-state index contributed by atoms with van der Waals surface area (Å²) < 4.78 is 28.3. The molecule has 0 radical (unpaired) electrons. The van der Waals surface area contributed by atoms with E-state index in [1.165, 1.54) is 57.5 Å². The predicted octanol–water partition coefficient (Wildman–Crippen LogP) is 2.42. The molecule has 0 aromatic carbocycles. The number of piperidine rings is 1. The van der Waals surface area contributed by atoms with Crippen molar-refractivity contribution in [2.24, 2.45) is 11.3 Å². The highest BCUT2D eigenvalue weighted by Crippen LogP contribution is 2.52. The smallest absolute Gasteiger partial charge is 0.192 e. The summed E-state index contributed by atoms with van der Waals surface area (Å²) in [5, 5.41) is 3.53. The minimum atomic E-state index is -3.24. The number of ether oxygens (including phenoxy) is 1. The maximum absolute atomic E-state index is 11.3. The summed E-state index contributed by atoms with van der Waals surface area (Å²) >= 11 is 0. The summed E-state index contributed by atoms with van der Waals surface area (Å²) in [6.07, 6.45) is 10.4. The number of aromatic nitrogens is 1. The van der Waals surface area contributed by atoms with E-state index >= 15 is 0 Å². The molecule has 1 aromatic rings. The Morgan fingerprint density at radius 2 is 2.04 bits per heavy atom. The Bertz CT molecular complexity index is 614. The molecule has 0 amide bonds. The largest absolute Gasteiger partial charge is 0.492 e. The van der Waals surface area contributed by atoms with Gasteiger partial charge in [0.15, 0.2) is 14.9 Å². The van der Waals surface area contributed by atoms with Gasteiger partial charge in [-0.3, -0.25) is 0 Å². The molecule has 2 heterocycles. The molecule has 6 heteroatoms. The van der Waals surface area contributed by atoms with Gasteiger partial charge in [0.1, 0.15) is 5.75 Å². The molecule has 0 atom stereocenters. The van der Waals surface area contributed by atoms with E-state index in [1.807, 2.05) is 0 Å². The van der Waals surface area contributed by atoms with Crippen molar-refractivity contribution in [1.82, 2.24) is 10.3 Å². The second kappa shape index (κ2) is 6.77. The highest BCUT2D eigenvalue weighted by Gasteiger charge is 2.43. The normalized spacial score (nSPS) is 21.1. The lowest BCUT2D eigenvalue weighted by Gasteiger charge is -2.50. The predicted molar refractivity (Wildman–Crippen MR) is 89.3 cm³/mol. The number of nitrogens with one attached hydrogen (secondary N) is 1. The van der Waals surface area contributed by atoms with E-state index in [0.717, 1.165) is 18.6 Å². The minimum Gasteiger partial charge on any atom is -0.492 e. The van der Waals surface area contributed by atoms with Crippen LogP contribution >= 0.6 is 0 Å². The number of sulfone groups is 1. The van der Waals surface area contributed by atoms with Crippen LogP contribution in [-0.4, -0.2) is 39.4 Å². The maximum Gasteiger partial charge on any atom is 0.192 e. The maximum atomic E-state index is 11.3. The Hall–Kier alpha value is -1.14. The van der Waals surface area contributed by atoms with Crippen LogP contribution in [0.3, 0.4) is 0 Å². The lowest BCUT2D eigenvalue weighted by molar-refractivity contribution is 0.0149. The molecule has 1 aromatic heterocycles. The molecule has 1 aliphatic heterocycles. The van der Waals surface area contributed by atoms with Crippen molar-refractivity contribution in [2.75, 3.05) is 26.0 Å². The van der Waals surface area contributed by atoms with Crippen molar-refractivity contribution < 1.29 is 13.2 Å². The molecule has 2 fully saturated rings. The zero-order valence-electron chi connectivity index (χ0n) is 13.8. The van der Waals surface area contributed by atoms with Gasteiger partial charge in [0, 0.05) is 6.26 Å². The van der Waals surface area contributed by atoms with E-state index in [4.69, 9.17) is 4.74 Å². The van der Waals surface area contributed by atoms with Gasteiger partial charge in [-0.05, 0) is 75.1 Å². The van der Waals surface area contributed by atoms with Gasteiger partial charge in [-0.15, -0.1) is 0 Å². The van der Waals surface area contributed by atoms with E-state index in [2.05, 4.69) is 10.3 Å². The molecule has 1 aliphatic carbocycles. The zero-order chi connectivity index (χ0) is 16.3. The first-order valence-electron chi connectivity index (χ1n) is 8.47. The number of hydrogen-bond acceptors (Lipinski definition) is 5. The van der Waals surface area contributed by atoms with Crippen LogP contribution in [0.1, 0.15) is 38.5 Å². The van der Waals surface area contributed by atoms with Gasteiger partial charge in [-0.25, -0.2) is 13.4 Å². The van der Waals surface area contributed by atoms with Crippen molar-refractivity contribution in [1.29, 1.82) is 0 Å². The monoisotopic (exact) mass is 338 g/mol. The van der Waals surface area contributed by atoms with Gasteiger partial charge in [0.25, 0.3) is 0 Å². The molecule has 23 heavy (non-hydrogen) atoms. The summed E-state index contributed by atoms with van der Waals surface area (Å²) in [4.78, 5) is 3.93. The Morgan fingerprint density at radius 1 is 1.30 bits per heavy atom. The molecule has 2 aliphatic rings. The van der Waals surface area contributed by atoms with Crippen LogP contribution in [0.2, 0.25) is 0 Å². The highest BCUT2D eigenvalue weighted by atomic mass is 32.2. The summed E-state index contributed by atoms with van der Waals surface area (Å²) in [6.45, 7) is 3.05. The number of nitrogens with zero attached hydrogens (tertiary/aromatic N) is 1. The lowest BCUT2D eigenvalue weighted by Crippen LogP contribution is -2.45. The fraction of sp³-hybridized carbons (Fsp3) is 0.706. The van der Waals surface area contributed by atoms with Crippen LogP contribution < -0.4 is 10.1 Å². The summed E-state index contributed by atoms with van der Waals surface area (Å²) in [5.41, 5.74) is 0.655. The minimum absolute atomic E-state index is 0.0894. The Morgan fingerprint density at radius 3 is 2.65 bits per heavy atom. The standard InChI is InChI=1S/C17H26N2O3S/c1-23(20,21)16-5-4-15(13-19-16)22-10-2-3-14-11-17(12-14)6-8-18-9-7-17/h4-5,13-14,18H,2-3,6-12H2,1H3. The molecule has 1 saturated heterocycles. The Balaban J connectivity index is 1.34. The first-order chi connectivity index (χ1) is 11.0. The Kier molecular flexibility index (Phi) is 4.92. The second-order valence-corrected chi connectivity index (χ2v) is 9.08. The molecule has 1 N–H and O–H groups in total. The molecule has 0 unspecified atom stereocenters. The van der Waals surface area contributed by atoms with Crippen LogP contribution in [0, 0.1) is 11.3 Å². The first-order valence-corrected chi connectivity index (χ1v) is 10.4. The van der Waals surface area contributed by atoms with Gasteiger partial charge < -0.3 is 10.1 Å². The van der Waals surface area contributed by atoms with E-state index in [1.54, 1.807) is 6.07 Å².